The van der Waals surface area contributed by atoms with E-state index in [4.69, 9.17) is 11.6 Å². The molecule has 10 heteroatoms. The highest BCUT2D eigenvalue weighted by atomic mass is 35.5. The van der Waals surface area contributed by atoms with Gasteiger partial charge in [0.15, 0.2) is 0 Å². The molecule has 0 fully saturated rings. The van der Waals surface area contributed by atoms with Gasteiger partial charge in [0.25, 0.3) is 11.8 Å². The monoisotopic (exact) mass is 449 g/mol. The second-order valence-corrected chi connectivity index (χ2v) is 9.03. The van der Waals surface area contributed by atoms with Crippen molar-refractivity contribution in [2.45, 2.75) is 11.4 Å². The lowest BCUT2D eigenvalue weighted by Gasteiger charge is -2.10. The second kappa shape index (κ2) is 9.19. The summed E-state index contributed by atoms with van der Waals surface area (Å²) in [5, 5.41) is 2.09. The van der Waals surface area contributed by atoms with E-state index in [1.54, 1.807) is 18.2 Å². The van der Waals surface area contributed by atoms with Gasteiger partial charge in [-0.15, -0.1) is 11.3 Å². The van der Waals surface area contributed by atoms with Crippen molar-refractivity contribution in [1.82, 2.24) is 15.6 Å². The molecule has 0 radical (unpaired) electrons. The van der Waals surface area contributed by atoms with Crippen LogP contribution in [-0.4, -0.2) is 20.2 Å². The highest BCUT2D eigenvalue weighted by Crippen LogP contribution is 2.15. The zero-order valence-corrected chi connectivity index (χ0v) is 17.3. The molecule has 2 aromatic carbocycles. The van der Waals surface area contributed by atoms with Crippen LogP contribution in [0.2, 0.25) is 5.02 Å². The van der Waals surface area contributed by atoms with Crippen molar-refractivity contribution in [3.05, 3.63) is 87.1 Å². The maximum atomic E-state index is 12.5. The summed E-state index contributed by atoms with van der Waals surface area (Å²) >= 11 is 7.38. The minimum absolute atomic E-state index is 0.0564. The molecule has 0 aliphatic carbocycles. The molecule has 29 heavy (non-hydrogen) atoms. The molecule has 150 valence electrons. The topological polar surface area (TPSA) is 104 Å². The van der Waals surface area contributed by atoms with Crippen LogP contribution < -0.4 is 15.6 Å². The Labute approximate surface area is 176 Å². The number of benzene rings is 2. The van der Waals surface area contributed by atoms with Gasteiger partial charge in [0.2, 0.25) is 10.0 Å². The van der Waals surface area contributed by atoms with Gasteiger partial charge in [-0.3, -0.25) is 20.4 Å². The molecule has 0 spiro atoms. The minimum Gasteiger partial charge on any atom is -0.267 e. The van der Waals surface area contributed by atoms with Crippen LogP contribution in [0.25, 0.3) is 0 Å². The van der Waals surface area contributed by atoms with Gasteiger partial charge in [-0.05, 0) is 41.8 Å². The van der Waals surface area contributed by atoms with Crippen LogP contribution >= 0.6 is 22.9 Å². The fraction of sp³-hybridized carbons (Fsp3) is 0.0526. The highest BCUT2D eigenvalue weighted by Gasteiger charge is 2.17. The molecule has 0 unspecified atom stereocenters. The summed E-state index contributed by atoms with van der Waals surface area (Å²) < 4.78 is 27.4. The predicted octanol–water partition coefficient (Wildman–Crippen LogP) is 2.95. The molecule has 2 amide bonds. The van der Waals surface area contributed by atoms with Gasteiger partial charge in [0.1, 0.15) is 0 Å². The Hall–Kier alpha value is -2.72. The lowest BCUT2D eigenvalue weighted by molar-refractivity contribution is 0.0846. The largest absolute Gasteiger partial charge is 0.271 e. The normalized spacial score (nSPS) is 11.1. The third-order valence-electron chi connectivity index (χ3n) is 3.83. The fourth-order valence-electron chi connectivity index (χ4n) is 2.37. The maximum Gasteiger partial charge on any atom is 0.271 e. The molecule has 0 saturated carbocycles. The SMILES string of the molecule is O=C(NNC(=O)c1ccccc1Cl)c1cccc(S(=O)(=O)NCc2cccs2)c1. The number of amides is 2. The van der Waals surface area contributed by atoms with Crippen LogP contribution in [0, 0.1) is 0 Å². The van der Waals surface area contributed by atoms with Crippen molar-refractivity contribution in [3.63, 3.8) is 0 Å². The summed E-state index contributed by atoms with van der Waals surface area (Å²) in [6.45, 7) is 0.157. The average Bonchev–Trinajstić information content (AvgIpc) is 3.24. The third kappa shape index (κ3) is 5.42. The maximum absolute atomic E-state index is 12.5. The van der Waals surface area contributed by atoms with Crippen LogP contribution in [0.15, 0.2) is 70.9 Å². The minimum atomic E-state index is -3.80. The van der Waals surface area contributed by atoms with Gasteiger partial charge in [-0.2, -0.15) is 0 Å². The molecule has 3 N–H and O–H groups in total. The molecule has 0 saturated heterocycles. The molecule has 1 heterocycles. The van der Waals surface area contributed by atoms with Crippen molar-refractivity contribution < 1.29 is 18.0 Å². The summed E-state index contributed by atoms with van der Waals surface area (Å²) in [5.41, 5.74) is 4.77. The zero-order valence-electron chi connectivity index (χ0n) is 14.9. The molecule has 3 rings (SSSR count). The average molecular weight is 450 g/mol. The van der Waals surface area contributed by atoms with Crippen molar-refractivity contribution in [1.29, 1.82) is 0 Å². The van der Waals surface area contributed by atoms with Crippen molar-refractivity contribution in [2.75, 3.05) is 0 Å². The van der Waals surface area contributed by atoms with Gasteiger partial charge in [-0.1, -0.05) is 35.9 Å². The van der Waals surface area contributed by atoms with Crippen LogP contribution in [-0.2, 0) is 16.6 Å². The number of thiophene rings is 1. The Balaban J connectivity index is 1.66. The predicted molar refractivity (Wildman–Crippen MR) is 111 cm³/mol. The van der Waals surface area contributed by atoms with Gasteiger partial charge in [0.05, 0.1) is 15.5 Å². The molecule has 0 aliphatic rings. The van der Waals surface area contributed by atoms with E-state index in [2.05, 4.69) is 15.6 Å². The Kier molecular flexibility index (Phi) is 6.65. The van der Waals surface area contributed by atoms with Gasteiger partial charge >= 0.3 is 0 Å². The van der Waals surface area contributed by atoms with Crippen LogP contribution in [0.1, 0.15) is 25.6 Å². The number of hydrogen-bond acceptors (Lipinski definition) is 5. The molecule has 0 aliphatic heterocycles. The third-order valence-corrected chi connectivity index (χ3v) is 6.44. The van der Waals surface area contributed by atoms with Crippen molar-refractivity contribution in [3.8, 4) is 0 Å². The Morgan fingerprint density at radius 2 is 1.69 bits per heavy atom. The molecule has 3 aromatic rings. The van der Waals surface area contributed by atoms with Crippen LogP contribution in [0.3, 0.4) is 0 Å². The molecule has 7 nitrogen and oxygen atoms in total. The Morgan fingerprint density at radius 3 is 2.41 bits per heavy atom. The molecule has 1 aromatic heterocycles. The van der Waals surface area contributed by atoms with E-state index >= 15 is 0 Å². The first-order valence-corrected chi connectivity index (χ1v) is 11.1. The van der Waals surface area contributed by atoms with E-state index < -0.39 is 21.8 Å². The number of hydrazine groups is 1. The lowest BCUT2D eigenvalue weighted by atomic mass is 10.2. The number of nitrogens with one attached hydrogen (secondary N) is 3. The zero-order chi connectivity index (χ0) is 20.9. The van der Waals surface area contributed by atoms with Crippen LogP contribution in [0.5, 0.6) is 0 Å². The van der Waals surface area contributed by atoms with Crippen LogP contribution in [0.4, 0.5) is 0 Å². The van der Waals surface area contributed by atoms with E-state index in [-0.39, 0.29) is 27.6 Å². The summed E-state index contributed by atoms with van der Waals surface area (Å²) in [4.78, 5) is 25.2. The van der Waals surface area contributed by atoms with E-state index in [9.17, 15) is 18.0 Å². The summed E-state index contributed by atoms with van der Waals surface area (Å²) in [5.74, 6) is -1.26. The summed E-state index contributed by atoms with van der Waals surface area (Å²) in [6, 6.07) is 15.5. The van der Waals surface area contributed by atoms with E-state index in [0.717, 1.165) is 4.88 Å². The second-order valence-electron chi connectivity index (χ2n) is 5.82. The van der Waals surface area contributed by atoms with Crippen molar-refractivity contribution in [2.24, 2.45) is 0 Å². The fourth-order valence-corrected chi connectivity index (χ4v) is 4.38. The summed E-state index contributed by atoms with van der Waals surface area (Å²) in [6.07, 6.45) is 0. The number of halogens is 1. The number of sulfonamides is 1. The molecule has 0 bridgehead atoms. The number of rotatable bonds is 6. The van der Waals surface area contributed by atoms with Gasteiger partial charge in [-0.25, -0.2) is 13.1 Å². The first-order chi connectivity index (χ1) is 13.9. The summed E-state index contributed by atoms with van der Waals surface area (Å²) in [7, 11) is -3.80. The van der Waals surface area contributed by atoms with E-state index in [1.807, 2.05) is 17.5 Å². The number of carbonyl (C=O) groups is 2. The first-order valence-electron chi connectivity index (χ1n) is 8.34. The lowest BCUT2D eigenvalue weighted by Crippen LogP contribution is -2.41. The van der Waals surface area contributed by atoms with Gasteiger partial charge in [0, 0.05) is 17.0 Å². The molecular formula is C19H16ClN3O4S2. The Morgan fingerprint density at radius 1 is 0.931 bits per heavy atom. The quantitative estimate of drug-likeness (QED) is 0.503. The molecular weight excluding hydrogens is 434 g/mol. The van der Waals surface area contributed by atoms with E-state index in [1.165, 1.54) is 41.7 Å². The molecule has 0 atom stereocenters. The standard InChI is InChI=1S/C19H16ClN3O4S2/c20-17-9-2-1-8-16(17)19(25)23-22-18(24)13-5-3-7-15(11-13)29(26,27)21-12-14-6-4-10-28-14/h1-11,21H,12H2,(H,22,24)(H,23,25). The number of carbonyl (C=O) groups excluding carboxylic acids is 2. The van der Waals surface area contributed by atoms with Crippen molar-refractivity contribution >= 4 is 44.8 Å². The Bertz CT molecular complexity index is 1130. The first kappa shape index (κ1) is 21.0. The van der Waals surface area contributed by atoms with Gasteiger partial charge < -0.3 is 0 Å². The number of hydrogen-bond donors (Lipinski definition) is 3. The smallest absolute Gasteiger partial charge is 0.267 e. The van der Waals surface area contributed by atoms with E-state index in [0.29, 0.717) is 0 Å². The highest BCUT2D eigenvalue weighted by molar-refractivity contribution is 7.89.